The molecule has 0 fully saturated rings. The van der Waals surface area contributed by atoms with E-state index < -0.39 is 0 Å². The van der Waals surface area contributed by atoms with E-state index in [0.717, 1.165) is 27.8 Å². The first-order valence-electron chi connectivity index (χ1n) is 8.71. The minimum absolute atomic E-state index is 0.0493. The summed E-state index contributed by atoms with van der Waals surface area (Å²) in [5.74, 6) is 1.32. The predicted molar refractivity (Wildman–Crippen MR) is 112 cm³/mol. The van der Waals surface area contributed by atoms with Crippen molar-refractivity contribution in [3.05, 3.63) is 64.4 Å². The molecule has 0 spiro atoms. The number of hydrogen-bond acceptors (Lipinski definition) is 4. The zero-order valence-corrected chi connectivity index (χ0v) is 16.0. The molecule has 2 aromatic carbocycles. The summed E-state index contributed by atoms with van der Waals surface area (Å²) in [7, 11) is 0. The number of benzene rings is 2. The molecule has 0 aliphatic rings. The number of rotatable bonds is 6. The summed E-state index contributed by atoms with van der Waals surface area (Å²) in [5.41, 5.74) is 3.03. The van der Waals surface area contributed by atoms with E-state index in [2.05, 4.69) is 26.7 Å². The fourth-order valence-electron chi connectivity index (χ4n) is 2.63. The molecule has 27 heavy (non-hydrogen) atoms. The maximum absolute atomic E-state index is 11.0. The molecule has 0 radical (unpaired) electrons. The Hall–Kier alpha value is -2.92. The Morgan fingerprint density at radius 2 is 1.85 bits per heavy atom. The van der Waals surface area contributed by atoms with E-state index in [9.17, 15) is 4.79 Å². The van der Waals surface area contributed by atoms with E-state index in [1.165, 1.54) is 6.92 Å². The average molecular weight is 381 g/mol. The van der Waals surface area contributed by atoms with Gasteiger partial charge in [0.2, 0.25) is 5.91 Å². The summed E-state index contributed by atoms with van der Waals surface area (Å²) in [6.45, 7) is 4.65. The normalized spacial score (nSPS) is 11.1. The molecule has 138 valence electrons. The Labute approximate surface area is 163 Å². The molecule has 3 aromatic rings. The van der Waals surface area contributed by atoms with Crippen LogP contribution in [0.2, 0.25) is 5.02 Å². The third-order valence-corrected chi connectivity index (χ3v) is 4.21. The molecule has 0 atom stereocenters. The van der Waals surface area contributed by atoms with Crippen molar-refractivity contribution in [3.63, 3.8) is 0 Å². The Morgan fingerprint density at radius 3 is 2.59 bits per heavy atom. The number of aromatic nitrogens is 2. The van der Waals surface area contributed by atoms with Gasteiger partial charge in [0.25, 0.3) is 0 Å². The van der Waals surface area contributed by atoms with Gasteiger partial charge < -0.3 is 10.6 Å². The number of amides is 1. The number of carbonyl (C=O) groups is 1. The van der Waals surface area contributed by atoms with Gasteiger partial charge in [-0.3, -0.25) is 4.79 Å². The zero-order valence-electron chi connectivity index (χ0n) is 15.3. The molecule has 2 N–H and O–H groups in total. The largest absolute Gasteiger partial charge is 0.368 e. The first kappa shape index (κ1) is 18.9. The van der Waals surface area contributed by atoms with Crippen molar-refractivity contribution < 1.29 is 4.79 Å². The van der Waals surface area contributed by atoms with Gasteiger partial charge >= 0.3 is 0 Å². The monoisotopic (exact) mass is 380 g/mol. The number of aryl methyl sites for hydroxylation is 1. The lowest BCUT2D eigenvalue weighted by molar-refractivity contribution is -0.118. The second-order valence-electron chi connectivity index (χ2n) is 6.25. The molecule has 5 nitrogen and oxygen atoms in total. The molecule has 1 aromatic heterocycles. The van der Waals surface area contributed by atoms with Crippen LogP contribution in [0.4, 0.5) is 5.82 Å². The predicted octanol–water partition coefficient (Wildman–Crippen LogP) is 4.31. The Balaban J connectivity index is 1.87. The Bertz CT molecular complexity index is 983. The van der Waals surface area contributed by atoms with Crippen LogP contribution in [-0.4, -0.2) is 29.0 Å². The summed E-state index contributed by atoms with van der Waals surface area (Å²) in [4.78, 5) is 20.3. The van der Waals surface area contributed by atoms with Crippen LogP contribution in [0.1, 0.15) is 23.9 Å². The summed E-state index contributed by atoms with van der Waals surface area (Å²) >= 11 is 5.92. The first-order chi connectivity index (χ1) is 13.0. The number of anilines is 1. The Kier molecular flexibility index (Phi) is 6.04. The van der Waals surface area contributed by atoms with Crippen molar-refractivity contribution in [1.29, 1.82) is 0 Å². The molecule has 0 bridgehead atoms. The van der Waals surface area contributed by atoms with Crippen LogP contribution in [0.3, 0.4) is 0 Å². The molecule has 0 saturated carbocycles. The summed E-state index contributed by atoms with van der Waals surface area (Å²) in [5, 5.41) is 7.73. The number of hydrogen-bond donors (Lipinski definition) is 2. The van der Waals surface area contributed by atoms with Gasteiger partial charge in [0.1, 0.15) is 5.82 Å². The van der Waals surface area contributed by atoms with Crippen LogP contribution in [0, 0.1) is 6.92 Å². The standard InChI is InChI=1S/C21H21ClN4O/c1-14-3-9-19-18(13-14)21(24-12-11-23-15(2)27)26-20(25-19)10-6-16-4-7-17(22)8-5-16/h3-10,13H,11-12H2,1-2H3,(H,23,27)(H,24,25,26)/b10-6+. The number of fused-ring (bicyclic) bond motifs is 1. The van der Waals surface area contributed by atoms with Crippen LogP contribution in [-0.2, 0) is 4.79 Å². The van der Waals surface area contributed by atoms with Crippen LogP contribution in [0.5, 0.6) is 0 Å². The van der Waals surface area contributed by atoms with Gasteiger partial charge in [-0.2, -0.15) is 0 Å². The van der Waals surface area contributed by atoms with Crippen molar-refractivity contribution in [1.82, 2.24) is 15.3 Å². The smallest absolute Gasteiger partial charge is 0.216 e. The molecule has 1 amide bonds. The number of carbonyl (C=O) groups excluding carboxylic acids is 1. The third kappa shape index (κ3) is 5.28. The van der Waals surface area contributed by atoms with Crippen molar-refractivity contribution in [2.24, 2.45) is 0 Å². The SMILES string of the molecule is CC(=O)NCCNc1nc(/C=C/c2ccc(Cl)cc2)nc2ccc(C)cc12. The van der Waals surface area contributed by atoms with E-state index >= 15 is 0 Å². The van der Waals surface area contributed by atoms with Gasteiger partial charge in [-0.1, -0.05) is 41.4 Å². The van der Waals surface area contributed by atoms with Crippen molar-refractivity contribution in [3.8, 4) is 0 Å². The average Bonchev–Trinajstić information content (AvgIpc) is 2.65. The lowest BCUT2D eigenvalue weighted by atomic mass is 10.1. The van der Waals surface area contributed by atoms with E-state index in [1.54, 1.807) is 0 Å². The molecule has 0 unspecified atom stereocenters. The topological polar surface area (TPSA) is 66.9 Å². The number of halogens is 1. The molecule has 6 heteroatoms. The van der Waals surface area contributed by atoms with Gasteiger partial charge in [-0.25, -0.2) is 9.97 Å². The van der Waals surface area contributed by atoms with Crippen molar-refractivity contribution in [2.45, 2.75) is 13.8 Å². The van der Waals surface area contributed by atoms with E-state index in [1.807, 2.05) is 55.5 Å². The number of nitrogens with one attached hydrogen (secondary N) is 2. The lowest BCUT2D eigenvalue weighted by Crippen LogP contribution is -2.26. The van der Waals surface area contributed by atoms with Gasteiger partial charge in [-0.05, 0) is 42.8 Å². The highest BCUT2D eigenvalue weighted by Gasteiger charge is 2.07. The minimum atomic E-state index is -0.0493. The zero-order chi connectivity index (χ0) is 19.2. The van der Waals surface area contributed by atoms with Crippen molar-refractivity contribution in [2.75, 3.05) is 18.4 Å². The molecule has 3 rings (SSSR count). The molecule has 0 saturated heterocycles. The second-order valence-corrected chi connectivity index (χ2v) is 6.68. The van der Waals surface area contributed by atoms with Crippen LogP contribution in [0.25, 0.3) is 23.1 Å². The summed E-state index contributed by atoms with van der Waals surface area (Å²) < 4.78 is 0. The quantitative estimate of drug-likeness (QED) is 0.625. The van der Waals surface area contributed by atoms with Gasteiger partial charge in [0.15, 0.2) is 5.82 Å². The lowest BCUT2D eigenvalue weighted by Gasteiger charge is -2.10. The van der Waals surface area contributed by atoms with E-state index in [-0.39, 0.29) is 5.91 Å². The van der Waals surface area contributed by atoms with Crippen molar-refractivity contribution >= 4 is 46.4 Å². The molecular weight excluding hydrogens is 360 g/mol. The first-order valence-corrected chi connectivity index (χ1v) is 9.09. The van der Waals surface area contributed by atoms with E-state index in [4.69, 9.17) is 11.6 Å². The van der Waals surface area contributed by atoms with Gasteiger partial charge in [0.05, 0.1) is 5.52 Å². The van der Waals surface area contributed by atoms with E-state index in [0.29, 0.717) is 23.9 Å². The molecule has 0 aliphatic carbocycles. The van der Waals surface area contributed by atoms with Crippen LogP contribution >= 0.6 is 11.6 Å². The summed E-state index contributed by atoms with van der Waals surface area (Å²) in [6, 6.07) is 13.7. The maximum atomic E-state index is 11.0. The highest BCUT2D eigenvalue weighted by atomic mass is 35.5. The Morgan fingerprint density at radius 1 is 1.07 bits per heavy atom. The summed E-state index contributed by atoms with van der Waals surface area (Å²) in [6.07, 6.45) is 3.83. The fraction of sp³-hybridized carbons (Fsp3) is 0.190. The second kappa shape index (κ2) is 8.64. The highest BCUT2D eigenvalue weighted by molar-refractivity contribution is 6.30. The molecule has 0 aliphatic heterocycles. The van der Waals surface area contributed by atoms with Gasteiger partial charge in [0, 0.05) is 30.4 Å². The fourth-order valence-corrected chi connectivity index (χ4v) is 2.76. The van der Waals surface area contributed by atoms with Crippen LogP contribution in [0.15, 0.2) is 42.5 Å². The molecule has 1 heterocycles. The third-order valence-electron chi connectivity index (χ3n) is 3.95. The maximum Gasteiger partial charge on any atom is 0.216 e. The van der Waals surface area contributed by atoms with Crippen LogP contribution < -0.4 is 10.6 Å². The van der Waals surface area contributed by atoms with Gasteiger partial charge in [-0.15, -0.1) is 0 Å². The highest BCUT2D eigenvalue weighted by Crippen LogP contribution is 2.22. The minimum Gasteiger partial charge on any atom is -0.368 e. The number of nitrogens with zero attached hydrogens (tertiary/aromatic N) is 2. The molecular formula is C21H21ClN4O.